The molecule has 0 saturated heterocycles. The van der Waals surface area contributed by atoms with E-state index in [1.54, 1.807) is 0 Å². The minimum Gasteiger partial charge on any atom is -0.391 e. The lowest BCUT2D eigenvalue weighted by Gasteiger charge is -2.28. The predicted octanol–water partition coefficient (Wildman–Crippen LogP) is 0.0280. The summed E-state index contributed by atoms with van der Waals surface area (Å²) in [5.74, 6) is -15.4. The second-order valence-electron chi connectivity index (χ2n) is 5.15. The predicted molar refractivity (Wildman–Crippen MR) is 68.5 cm³/mol. The van der Waals surface area contributed by atoms with Crippen LogP contribution in [0.2, 0.25) is 0 Å². The monoisotopic (exact) mass is 332 g/mol. The van der Waals surface area contributed by atoms with Crippen LogP contribution in [-0.2, 0) is 9.59 Å². The molecule has 4 N–H and O–H groups in total. The third-order valence-corrected chi connectivity index (χ3v) is 3.13. The van der Waals surface area contributed by atoms with Crippen molar-refractivity contribution in [3.8, 4) is 0 Å². The molecule has 0 saturated carbocycles. The van der Waals surface area contributed by atoms with E-state index in [4.69, 9.17) is 10.2 Å². The average molecular weight is 332 g/mol. The van der Waals surface area contributed by atoms with Crippen LogP contribution in [0.25, 0.3) is 0 Å². The Morgan fingerprint density at radius 1 is 0.773 bits per heavy atom. The normalized spacial score (nSPS) is 18.1. The molecule has 0 aliphatic carbocycles. The van der Waals surface area contributed by atoms with E-state index in [9.17, 15) is 27.2 Å². The minimum absolute atomic E-state index is 1.13. The molecule has 0 rings (SSSR count). The van der Waals surface area contributed by atoms with Gasteiger partial charge in [0.15, 0.2) is 0 Å². The summed E-state index contributed by atoms with van der Waals surface area (Å²) in [6.45, 7) is 4.59. The molecule has 0 aromatic carbocycles. The van der Waals surface area contributed by atoms with E-state index in [0.29, 0.717) is 0 Å². The van der Waals surface area contributed by atoms with Crippen molar-refractivity contribution in [1.29, 1.82) is 0 Å². The quantitative estimate of drug-likeness (QED) is 0.494. The zero-order valence-corrected chi connectivity index (χ0v) is 12.5. The summed E-state index contributed by atoms with van der Waals surface area (Å²) in [5.41, 5.74) is 0. The molecule has 0 spiro atoms. The smallest absolute Gasteiger partial charge is 0.391 e. The summed E-state index contributed by atoms with van der Waals surface area (Å²) in [5, 5.41) is 21.2. The van der Waals surface area contributed by atoms with Gasteiger partial charge in [0.05, 0.1) is 24.3 Å². The fourth-order valence-corrected chi connectivity index (χ4v) is 1.12. The highest BCUT2D eigenvalue weighted by molar-refractivity contribution is 5.95. The summed E-state index contributed by atoms with van der Waals surface area (Å²) < 4.78 is 54.2. The molecule has 6 nitrogen and oxygen atoms in total. The SMILES string of the molecule is C[C@H](NC(=O)C(F)(F)C(F)(F)C(=O)N[C@@H](C)[C@@H](C)O)[C@@H](C)O. The average Bonchev–Trinajstić information content (AvgIpc) is 2.37. The Kier molecular flexibility index (Phi) is 6.76. The van der Waals surface area contributed by atoms with Gasteiger partial charge in [-0.15, -0.1) is 0 Å². The molecule has 0 fully saturated rings. The van der Waals surface area contributed by atoms with Gasteiger partial charge < -0.3 is 20.8 Å². The Hall–Kier alpha value is -1.42. The highest BCUT2D eigenvalue weighted by Crippen LogP contribution is 2.35. The maximum Gasteiger partial charge on any atom is 0.395 e. The van der Waals surface area contributed by atoms with Gasteiger partial charge in [0.2, 0.25) is 0 Å². The number of aliphatic hydroxyl groups is 2. The van der Waals surface area contributed by atoms with Crippen molar-refractivity contribution in [3.05, 3.63) is 0 Å². The van der Waals surface area contributed by atoms with Crippen molar-refractivity contribution in [2.45, 2.75) is 63.8 Å². The Labute approximate surface area is 124 Å². The molecular formula is C12H20F4N2O4. The molecule has 0 radical (unpaired) electrons. The van der Waals surface area contributed by atoms with E-state index >= 15 is 0 Å². The Morgan fingerprint density at radius 3 is 1.18 bits per heavy atom. The van der Waals surface area contributed by atoms with Gasteiger partial charge in [-0.2, -0.15) is 17.6 Å². The lowest BCUT2D eigenvalue weighted by atomic mass is 10.1. The van der Waals surface area contributed by atoms with Crippen LogP contribution < -0.4 is 10.6 Å². The molecule has 22 heavy (non-hydrogen) atoms. The highest BCUT2D eigenvalue weighted by Gasteiger charge is 2.67. The number of alkyl halides is 4. The molecule has 4 atom stereocenters. The molecule has 0 unspecified atom stereocenters. The van der Waals surface area contributed by atoms with Crippen LogP contribution in [0.3, 0.4) is 0 Å². The maximum atomic E-state index is 13.6. The molecular weight excluding hydrogens is 312 g/mol. The molecule has 0 heterocycles. The largest absolute Gasteiger partial charge is 0.395 e. The number of halogens is 4. The van der Waals surface area contributed by atoms with Crippen molar-refractivity contribution in [2.75, 3.05) is 0 Å². The number of nitrogens with one attached hydrogen (secondary N) is 2. The van der Waals surface area contributed by atoms with Crippen LogP contribution in [0.15, 0.2) is 0 Å². The minimum atomic E-state index is -5.32. The van der Waals surface area contributed by atoms with Gasteiger partial charge in [0.25, 0.3) is 11.8 Å². The Bertz CT molecular complexity index is 378. The van der Waals surface area contributed by atoms with Crippen molar-refractivity contribution in [3.63, 3.8) is 0 Å². The van der Waals surface area contributed by atoms with Crippen LogP contribution in [0.5, 0.6) is 0 Å². The maximum absolute atomic E-state index is 13.6. The first-order valence-electron chi connectivity index (χ1n) is 6.48. The molecule has 0 bridgehead atoms. The van der Waals surface area contributed by atoms with Gasteiger partial charge >= 0.3 is 11.8 Å². The number of amides is 2. The summed E-state index contributed by atoms with van der Waals surface area (Å²) in [6.07, 6.45) is -2.50. The summed E-state index contributed by atoms with van der Waals surface area (Å²) in [6, 6.07) is -2.43. The molecule has 130 valence electrons. The van der Waals surface area contributed by atoms with Crippen molar-refractivity contribution >= 4 is 11.8 Å². The summed E-state index contributed by atoms with van der Waals surface area (Å²) in [7, 11) is 0. The second-order valence-corrected chi connectivity index (χ2v) is 5.15. The fraction of sp³-hybridized carbons (Fsp3) is 0.833. The molecule has 0 aliphatic rings. The van der Waals surface area contributed by atoms with Crippen molar-refractivity contribution < 1.29 is 37.4 Å². The van der Waals surface area contributed by atoms with Crippen LogP contribution in [-0.4, -0.2) is 58.2 Å². The van der Waals surface area contributed by atoms with E-state index in [0.717, 1.165) is 27.7 Å². The van der Waals surface area contributed by atoms with Gasteiger partial charge in [-0.05, 0) is 27.7 Å². The van der Waals surface area contributed by atoms with E-state index in [-0.39, 0.29) is 0 Å². The number of aliphatic hydroxyl groups excluding tert-OH is 2. The first-order chi connectivity index (χ1) is 9.75. The molecule has 0 aromatic rings. The third-order valence-electron chi connectivity index (χ3n) is 3.13. The number of carbonyl (C=O) groups excluding carboxylic acids is 2. The van der Waals surface area contributed by atoms with Crippen LogP contribution >= 0.6 is 0 Å². The summed E-state index contributed by atoms with van der Waals surface area (Å²) in [4.78, 5) is 22.5. The second kappa shape index (κ2) is 7.23. The highest BCUT2D eigenvalue weighted by atomic mass is 19.3. The van der Waals surface area contributed by atoms with Gasteiger partial charge in [0, 0.05) is 0 Å². The topological polar surface area (TPSA) is 98.7 Å². The molecule has 2 amide bonds. The lowest BCUT2D eigenvalue weighted by molar-refractivity contribution is -0.212. The molecule has 10 heteroatoms. The zero-order chi connectivity index (χ0) is 17.9. The van der Waals surface area contributed by atoms with Crippen molar-refractivity contribution in [2.24, 2.45) is 0 Å². The first-order valence-corrected chi connectivity index (χ1v) is 6.48. The number of hydrogen-bond donors (Lipinski definition) is 4. The Balaban J connectivity index is 5.14. The van der Waals surface area contributed by atoms with Crippen LogP contribution in [0, 0.1) is 0 Å². The van der Waals surface area contributed by atoms with E-state index < -0.39 is 48.0 Å². The van der Waals surface area contributed by atoms with E-state index in [1.165, 1.54) is 10.6 Å². The number of rotatable bonds is 7. The first kappa shape index (κ1) is 20.6. The number of hydrogen-bond acceptors (Lipinski definition) is 4. The van der Waals surface area contributed by atoms with Crippen LogP contribution in [0.1, 0.15) is 27.7 Å². The third kappa shape index (κ3) is 4.54. The molecule has 0 aromatic heterocycles. The standard InChI is InChI=1S/C12H20F4N2O4/c1-5(7(3)19)17-9(21)11(13,14)12(15,16)10(22)18-6(2)8(4)20/h5-8,19-20H,1-4H3,(H,17,21)(H,18,22)/t5-,6-,7+,8+/m0/s1. The van der Waals surface area contributed by atoms with E-state index in [1.807, 2.05) is 0 Å². The fourth-order valence-electron chi connectivity index (χ4n) is 1.12. The zero-order valence-electron chi connectivity index (χ0n) is 12.5. The Morgan fingerprint density at radius 2 is 1.00 bits per heavy atom. The lowest BCUT2D eigenvalue weighted by Crippen LogP contribution is -2.62. The van der Waals surface area contributed by atoms with Gasteiger partial charge in [0.1, 0.15) is 0 Å². The van der Waals surface area contributed by atoms with Gasteiger partial charge in [-0.3, -0.25) is 9.59 Å². The summed E-state index contributed by atoms with van der Waals surface area (Å²) >= 11 is 0. The van der Waals surface area contributed by atoms with Crippen LogP contribution in [0.4, 0.5) is 17.6 Å². The van der Waals surface area contributed by atoms with Gasteiger partial charge in [-0.25, -0.2) is 0 Å². The van der Waals surface area contributed by atoms with Gasteiger partial charge in [-0.1, -0.05) is 0 Å². The van der Waals surface area contributed by atoms with Crippen molar-refractivity contribution in [1.82, 2.24) is 10.6 Å². The van der Waals surface area contributed by atoms with E-state index in [2.05, 4.69) is 0 Å². The molecule has 0 aliphatic heterocycles. The number of carbonyl (C=O) groups is 2.